The third kappa shape index (κ3) is 3.86. The predicted molar refractivity (Wildman–Crippen MR) is 104 cm³/mol. The molecule has 0 aliphatic carbocycles. The van der Waals surface area contributed by atoms with Crippen LogP contribution in [0.5, 0.6) is 5.75 Å². The number of benzene rings is 1. The number of rotatable bonds is 4. The summed E-state index contributed by atoms with van der Waals surface area (Å²) in [6.45, 7) is 3.22. The number of aliphatic hydroxyl groups excluding tert-OH is 1. The standard InChI is InChI=1S/C21H29N3O4/c1-28-17-4-2-3-15(9-17)13-24-14-21(11-19(24)26)5-7-23(8-6-21)20(27)18-10-16(25)12-22-18/h2-4,9,16,18,22,25H,5-8,10-14H2,1H3/t16-,18+/m1/s1. The molecular formula is C21H29N3O4. The predicted octanol–water partition coefficient (Wildman–Crippen LogP) is 0.759. The maximum absolute atomic E-state index is 12.6. The molecule has 3 heterocycles. The zero-order chi connectivity index (χ0) is 19.7. The summed E-state index contributed by atoms with van der Waals surface area (Å²) in [6.07, 6.45) is 2.35. The van der Waals surface area contributed by atoms with Crippen molar-refractivity contribution in [3.63, 3.8) is 0 Å². The third-order valence-corrected chi connectivity index (χ3v) is 6.45. The number of β-amino-alcohol motifs (C(OH)–C–C–N with tert-alkyl or cyclic N) is 1. The maximum Gasteiger partial charge on any atom is 0.239 e. The van der Waals surface area contributed by atoms with Crippen LogP contribution in [0.1, 0.15) is 31.2 Å². The SMILES string of the molecule is COc1cccc(CN2CC3(CCN(C(=O)[C@@H]4C[C@@H](O)CN4)CC3)CC2=O)c1. The second-order valence-corrected chi connectivity index (χ2v) is 8.45. The summed E-state index contributed by atoms with van der Waals surface area (Å²) in [7, 11) is 1.64. The van der Waals surface area contributed by atoms with Gasteiger partial charge in [0.15, 0.2) is 0 Å². The van der Waals surface area contributed by atoms with Crippen molar-refractivity contribution in [3.05, 3.63) is 29.8 Å². The Morgan fingerprint density at radius 2 is 2.14 bits per heavy atom. The number of carbonyl (C=O) groups is 2. The van der Waals surface area contributed by atoms with Crippen LogP contribution < -0.4 is 10.1 Å². The van der Waals surface area contributed by atoms with Crippen LogP contribution >= 0.6 is 0 Å². The van der Waals surface area contributed by atoms with E-state index in [1.807, 2.05) is 34.1 Å². The van der Waals surface area contributed by atoms with E-state index in [2.05, 4.69) is 5.32 Å². The average Bonchev–Trinajstić information content (AvgIpc) is 3.25. The average molecular weight is 387 g/mol. The molecule has 0 saturated carbocycles. The van der Waals surface area contributed by atoms with Crippen LogP contribution in [0.4, 0.5) is 0 Å². The Bertz CT molecular complexity index is 745. The first-order chi connectivity index (χ1) is 13.5. The Hall–Kier alpha value is -2.12. The second kappa shape index (κ2) is 7.72. The van der Waals surface area contributed by atoms with E-state index in [1.165, 1.54) is 0 Å². The Morgan fingerprint density at radius 3 is 2.82 bits per heavy atom. The van der Waals surface area contributed by atoms with Crippen molar-refractivity contribution in [2.24, 2.45) is 5.41 Å². The highest BCUT2D eigenvalue weighted by molar-refractivity contribution is 5.83. The van der Waals surface area contributed by atoms with E-state index in [0.717, 1.165) is 30.7 Å². The largest absolute Gasteiger partial charge is 0.497 e. The summed E-state index contributed by atoms with van der Waals surface area (Å²) in [5.41, 5.74) is 1.05. The van der Waals surface area contributed by atoms with Gasteiger partial charge in [-0.15, -0.1) is 0 Å². The molecule has 1 aromatic rings. The lowest BCUT2D eigenvalue weighted by Crippen LogP contribution is -2.49. The number of ether oxygens (including phenoxy) is 1. The summed E-state index contributed by atoms with van der Waals surface area (Å²) in [5.74, 6) is 1.09. The number of carbonyl (C=O) groups excluding carboxylic acids is 2. The monoisotopic (exact) mass is 387 g/mol. The Labute approximate surface area is 165 Å². The molecular weight excluding hydrogens is 358 g/mol. The number of likely N-dealkylation sites (tertiary alicyclic amines) is 2. The molecule has 4 rings (SSSR count). The minimum absolute atomic E-state index is 0.0185. The maximum atomic E-state index is 12.6. The summed E-state index contributed by atoms with van der Waals surface area (Å²) < 4.78 is 5.28. The van der Waals surface area contributed by atoms with E-state index in [1.54, 1.807) is 7.11 Å². The first kappa shape index (κ1) is 19.2. The van der Waals surface area contributed by atoms with Gasteiger partial charge in [-0.1, -0.05) is 12.1 Å². The molecule has 7 nitrogen and oxygen atoms in total. The molecule has 1 aromatic carbocycles. The topological polar surface area (TPSA) is 82.1 Å². The molecule has 3 saturated heterocycles. The van der Waals surface area contributed by atoms with Gasteiger partial charge >= 0.3 is 0 Å². The van der Waals surface area contributed by atoms with Crippen molar-refractivity contribution in [2.45, 2.75) is 44.4 Å². The molecule has 28 heavy (non-hydrogen) atoms. The zero-order valence-electron chi connectivity index (χ0n) is 16.4. The van der Waals surface area contributed by atoms with E-state index in [-0.39, 0.29) is 23.3 Å². The fraction of sp³-hybridized carbons (Fsp3) is 0.619. The lowest BCUT2D eigenvalue weighted by atomic mass is 9.77. The molecule has 1 spiro atoms. The van der Waals surface area contributed by atoms with E-state index < -0.39 is 6.10 Å². The molecule has 3 fully saturated rings. The second-order valence-electron chi connectivity index (χ2n) is 8.45. The molecule has 2 amide bonds. The number of nitrogens with one attached hydrogen (secondary N) is 1. The lowest BCUT2D eigenvalue weighted by Gasteiger charge is -2.39. The number of methoxy groups -OCH3 is 1. The first-order valence-electron chi connectivity index (χ1n) is 10.1. The Kier molecular flexibility index (Phi) is 5.29. The van der Waals surface area contributed by atoms with Crippen molar-refractivity contribution in [2.75, 3.05) is 33.3 Å². The van der Waals surface area contributed by atoms with Crippen LogP contribution in [0.3, 0.4) is 0 Å². The number of piperidine rings is 1. The normalized spacial score (nSPS) is 26.9. The van der Waals surface area contributed by atoms with Gasteiger partial charge in [-0.05, 0) is 37.0 Å². The fourth-order valence-electron chi connectivity index (χ4n) is 4.78. The van der Waals surface area contributed by atoms with Gasteiger partial charge in [0.25, 0.3) is 0 Å². The summed E-state index contributed by atoms with van der Waals surface area (Å²) in [5, 5.41) is 12.7. The molecule has 0 radical (unpaired) electrons. The van der Waals surface area contributed by atoms with Crippen molar-refractivity contribution < 1.29 is 19.4 Å². The quantitative estimate of drug-likeness (QED) is 0.797. The van der Waals surface area contributed by atoms with Crippen molar-refractivity contribution in [1.29, 1.82) is 0 Å². The van der Waals surface area contributed by atoms with Gasteiger partial charge in [-0.3, -0.25) is 9.59 Å². The van der Waals surface area contributed by atoms with Crippen LogP contribution in [-0.4, -0.2) is 72.2 Å². The number of hydrogen-bond donors (Lipinski definition) is 2. The smallest absolute Gasteiger partial charge is 0.239 e. The number of nitrogens with zero attached hydrogens (tertiary/aromatic N) is 2. The first-order valence-corrected chi connectivity index (χ1v) is 10.1. The molecule has 3 aliphatic heterocycles. The van der Waals surface area contributed by atoms with Gasteiger partial charge < -0.3 is 25.0 Å². The van der Waals surface area contributed by atoms with Crippen LogP contribution in [0.15, 0.2) is 24.3 Å². The van der Waals surface area contributed by atoms with Gasteiger partial charge in [0.1, 0.15) is 5.75 Å². The highest BCUT2D eigenvalue weighted by Gasteiger charge is 2.46. The van der Waals surface area contributed by atoms with Crippen LogP contribution in [-0.2, 0) is 16.1 Å². The fourth-order valence-corrected chi connectivity index (χ4v) is 4.78. The highest BCUT2D eigenvalue weighted by Crippen LogP contribution is 2.41. The molecule has 7 heteroatoms. The minimum Gasteiger partial charge on any atom is -0.497 e. The van der Waals surface area contributed by atoms with Crippen LogP contribution in [0.2, 0.25) is 0 Å². The molecule has 152 valence electrons. The Morgan fingerprint density at radius 1 is 1.36 bits per heavy atom. The van der Waals surface area contributed by atoms with Gasteiger partial charge in [-0.25, -0.2) is 0 Å². The van der Waals surface area contributed by atoms with E-state index in [4.69, 9.17) is 4.74 Å². The van der Waals surface area contributed by atoms with E-state index in [0.29, 0.717) is 39.0 Å². The summed E-state index contributed by atoms with van der Waals surface area (Å²) in [6, 6.07) is 7.58. The lowest BCUT2D eigenvalue weighted by molar-refractivity contribution is -0.135. The van der Waals surface area contributed by atoms with Gasteiger partial charge in [0.2, 0.25) is 11.8 Å². The third-order valence-electron chi connectivity index (χ3n) is 6.45. The number of aliphatic hydroxyl groups is 1. The van der Waals surface area contributed by atoms with Gasteiger partial charge in [0.05, 0.1) is 19.3 Å². The van der Waals surface area contributed by atoms with Crippen molar-refractivity contribution in [1.82, 2.24) is 15.1 Å². The molecule has 0 aromatic heterocycles. The van der Waals surface area contributed by atoms with Crippen molar-refractivity contribution in [3.8, 4) is 5.75 Å². The summed E-state index contributed by atoms with van der Waals surface area (Å²) >= 11 is 0. The molecule has 0 unspecified atom stereocenters. The van der Waals surface area contributed by atoms with Gasteiger partial charge in [-0.2, -0.15) is 0 Å². The molecule has 3 aliphatic rings. The number of hydrogen-bond acceptors (Lipinski definition) is 5. The molecule has 2 N–H and O–H groups in total. The Balaban J connectivity index is 1.34. The summed E-state index contributed by atoms with van der Waals surface area (Å²) in [4.78, 5) is 29.1. The zero-order valence-corrected chi connectivity index (χ0v) is 16.4. The van der Waals surface area contributed by atoms with E-state index >= 15 is 0 Å². The highest BCUT2D eigenvalue weighted by atomic mass is 16.5. The number of amides is 2. The molecule has 0 bridgehead atoms. The van der Waals surface area contributed by atoms with Crippen LogP contribution in [0.25, 0.3) is 0 Å². The van der Waals surface area contributed by atoms with Crippen molar-refractivity contribution >= 4 is 11.8 Å². The van der Waals surface area contributed by atoms with E-state index in [9.17, 15) is 14.7 Å². The van der Waals surface area contributed by atoms with Crippen LogP contribution in [0, 0.1) is 5.41 Å². The minimum atomic E-state index is -0.428. The van der Waals surface area contributed by atoms with Gasteiger partial charge in [0, 0.05) is 44.6 Å². The molecule has 2 atom stereocenters.